The topological polar surface area (TPSA) is 47.4 Å². The second-order valence-electron chi connectivity index (χ2n) is 6.73. The number of ether oxygens (including phenoxy) is 1. The van der Waals surface area contributed by atoms with Gasteiger partial charge in [-0.1, -0.05) is 0 Å². The third-order valence-corrected chi connectivity index (χ3v) is 6.48. The maximum atomic E-state index is 13.1. The van der Waals surface area contributed by atoms with Gasteiger partial charge in [0.05, 0.1) is 29.8 Å². The Morgan fingerprint density at radius 1 is 1.42 bits per heavy atom. The molecule has 1 fully saturated rings. The van der Waals surface area contributed by atoms with Crippen LogP contribution >= 0.6 is 11.3 Å². The van der Waals surface area contributed by atoms with E-state index in [1.165, 1.54) is 16.0 Å². The van der Waals surface area contributed by atoms with Crippen LogP contribution in [0, 0.1) is 13.8 Å². The molecule has 1 saturated heterocycles. The number of amides is 1. The zero-order valence-electron chi connectivity index (χ0n) is 14.5. The van der Waals surface area contributed by atoms with Crippen molar-refractivity contribution in [2.45, 2.75) is 45.8 Å². The summed E-state index contributed by atoms with van der Waals surface area (Å²) in [6.07, 6.45) is 3.00. The predicted molar refractivity (Wildman–Crippen MR) is 93.4 cm³/mol. The fourth-order valence-electron chi connectivity index (χ4n) is 3.98. The number of nitrogens with zero attached hydrogens (tertiary/aromatic N) is 3. The third kappa shape index (κ3) is 2.48. The second-order valence-corrected chi connectivity index (χ2v) is 7.86. The Hall–Kier alpha value is -1.66. The highest BCUT2D eigenvalue weighted by Crippen LogP contribution is 2.38. The van der Waals surface area contributed by atoms with Gasteiger partial charge in [0.1, 0.15) is 0 Å². The lowest BCUT2D eigenvalue weighted by molar-refractivity contribution is 0.0739. The lowest BCUT2D eigenvalue weighted by Crippen LogP contribution is -2.30. The summed E-state index contributed by atoms with van der Waals surface area (Å²) in [6, 6.07) is 2.20. The number of carbonyl (C=O) groups is 1. The molecular weight excluding hydrogens is 322 g/mol. The van der Waals surface area contributed by atoms with Crippen molar-refractivity contribution in [2.24, 2.45) is 7.05 Å². The van der Waals surface area contributed by atoms with E-state index in [9.17, 15) is 4.79 Å². The summed E-state index contributed by atoms with van der Waals surface area (Å²) in [4.78, 5) is 17.4. The average molecular weight is 345 g/mol. The molecule has 24 heavy (non-hydrogen) atoms. The van der Waals surface area contributed by atoms with Gasteiger partial charge >= 0.3 is 0 Å². The predicted octanol–water partition coefficient (Wildman–Crippen LogP) is 3.15. The summed E-state index contributed by atoms with van der Waals surface area (Å²) in [5.74, 6) is 0.166. The minimum atomic E-state index is 0.154. The van der Waals surface area contributed by atoms with Crippen molar-refractivity contribution in [3.05, 3.63) is 38.3 Å². The summed E-state index contributed by atoms with van der Waals surface area (Å²) >= 11 is 1.65. The van der Waals surface area contributed by atoms with Crippen LogP contribution in [0.15, 0.2) is 6.07 Å². The molecule has 0 radical (unpaired) electrons. The maximum absolute atomic E-state index is 13.1. The lowest BCUT2D eigenvalue weighted by atomic mass is 10.0. The normalized spacial score (nSPS) is 20.5. The van der Waals surface area contributed by atoms with Crippen LogP contribution in [0.5, 0.6) is 0 Å². The Morgan fingerprint density at radius 3 is 2.96 bits per heavy atom. The summed E-state index contributed by atoms with van der Waals surface area (Å²) < 4.78 is 7.43. The van der Waals surface area contributed by atoms with E-state index in [4.69, 9.17) is 4.74 Å². The molecule has 0 saturated carbocycles. The van der Waals surface area contributed by atoms with Gasteiger partial charge in [0.15, 0.2) is 0 Å². The largest absolute Gasteiger partial charge is 0.376 e. The smallest absolute Gasteiger partial charge is 0.264 e. The number of likely N-dealkylation sites (tertiary alicyclic amines) is 1. The van der Waals surface area contributed by atoms with Gasteiger partial charge in [0, 0.05) is 36.1 Å². The highest BCUT2D eigenvalue weighted by molar-refractivity contribution is 7.14. The molecule has 2 aliphatic heterocycles. The van der Waals surface area contributed by atoms with E-state index >= 15 is 0 Å². The minimum absolute atomic E-state index is 0.154. The first-order valence-electron chi connectivity index (χ1n) is 8.56. The molecule has 6 heteroatoms. The first kappa shape index (κ1) is 15.8. The van der Waals surface area contributed by atoms with Gasteiger partial charge in [-0.15, -0.1) is 11.3 Å². The number of aromatic nitrogens is 2. The van der Waals surface area contributed by atoms with E-state index in [-0.39, 0.29) is 11.9 Å². The summed E-state index contributed by atoms with van der Waals surface area (Å²) in [5.41, 5.74) is 4.63. The van der Waals surface area contributed by atoms with Gasteiger partial charge in [0.25, 0.3) is 5.91 Å². The van der Waals surface area contributed by atoms with E-state index in [0.29, 0.717) is 6.61 Å². The molecule has 1 amide bonds. The molecule has 0 unspecified atom stereocenters. The number of thiophene rings is 1. The molecule has 0 bridgehead atoms. The van der Waals surface area contributed by atoms with Gasteiger partial charge in [0.2, 0.25) is 0 Å². The van der Waals surface area contributed by atoms with E-state index in [1.54, 1.807) is 11.3 Å². The van der Waals surface area contributed by atoms with E-state index < -0.39 is 0 Å². The minimum Gasteiger partial charge on any atom is -0.376 e. The Labute approximate surface area is 146 Å². The Balaban J connectivity index is 1.65. The monoisotopic (exact) mass is 345 g/mol. The Bertz CT molecular complexity index is 769. The molecule has 2 aromatic rings. The molecular formula is C18H23N3O2S. The van der Waals surface area contributed by atoms with Crippen LogP contribution < -0.4 is 0 Å². The number of aryl methyl sites for hydroxylation is 2. The molecule has 0 aromatic carbocycles. The van der Waals surface area contributed by atoms with Gasteiger partial charge in [-0.2, -0.15) is 5.10 Å². The first-order valence-corrected chi connectivity index (χ1v) is 9.38. The first-order chi connectivity index (χ1) is 11.6. The van der Waals surface area contributed by atoms with Gasteiger partial charge in [-0.25, -0.2) is 0 Å². The highest BCUT2D eigenvalue weighted by Gasteiger charge is 2.35. The maximum Gasteiger partial charge on any atom is 0.264 e. The number of carbonyl (C=O) groups excluding carboxylic acids is 1. The fourth-order valence-corrected chi connectivity index (χ4v) is 5.08. The molecule has 0 spiro atoms. The molecule has 0 aliphatic carbocycles. The number of rotatable bonds is 2. The fraction of sp³-hybridized carbons (Fsp3) is 0.556. The van der Waals surface area contributed by atoms with Crippen LogP contribution in [0.1, 0.15) is 55.9 Å². The van der Waals surface area contributed by atoms with E-state index in [2.05, 4.69) is 16.9 Å². The summed E-state index contributed by atoms with van der Waals surface area (Å²) in [6.45, 7) is 6.38. The molecule has 2 aromatic heterocycles. The van der Waals surface area contributed by atoms with Crippen molar-refractivity contribution in [1.82, 2.24) is 14.7 Å². The van der Waals surface area contributed by atoms with Gasteiger partial charge in [-0.05, 0) is 38.3 Å². The van der Waals surface area contributed by atoms with Crippen LogP contribution in [-0.2, 0) is 24.8 Å². The lowest BCUT2D eigenvalue weighted by Gasteiger charge is -2.25. The summed E-state index contributed by atoms with van der Waals surface area (Å²) in [5, 5.41) is 4.54. The summed E-state index contributed by atoms with van der Waals surface area (Å²) in [7, 11) is 1.97. The van der Waals surface area contributed by atoms with Crippen molar-refractivity contribution in [3.63, 3.8) is 0 Å². The number of hydrogen-bond donors (Lipinski definition) is 0. The standard InChI is InChI=1S/C18H23N3O2S/c1-11-17(12(2)20(3)19-11)14-5-4-7-21(14)18(22)16-9-13-10-23-8-6-15(13)24-16/h9,14H,4-8,10H2,1-3H3/t14-/m0/s1. The van der Waals surface area contributed by atoms with Crippen molar-refractivity contribution < 1.29 is 9.53 Å². The van der Waals surface area contributed by atoms with E-state index in [0.717, 1.165) is 48.7 Å². The molecule has 0 N–H and O–H groups in total. The number of fused-ring (bicyclic) bond motifs is 1. The quantitative estimate of drug-likeness (QED) is 0.840. The zero-order valence-corrected chi connectivity index (χ0v) is 15.3. The van der Waals surface area contributed by atoms with Crippen molar-refractivity contribution in [3.8, 4) is 0 Å². The van der Waals surface area contributed by atoms with Crippen LogP contribution in [0.3, 0.4) is 0 Å². The van der Waals surface area contributed by atoms with Crippen LogP contribution in [0.4, 0.5) is 0 Å². The SMILES string of the molecule is Cc1nn(C)c(C)c1[C@@H]1CCCN1C(=O)c1cc2c(s1)CCOC2. The van der Waals surface area contributed by atoms with Crippen LogP contribution in [-0.4, -0.2) is 33.7 Å². The molecule has 2 aliphatic rings. The highest BCUT2D eigenvalue weighted by atomic mass is 32.1. The van der Waals surface area contributed by atoms with Crippen molar-refractivity contribution in [1.29, 1.82) is 0 Å². The molecule has 5 nitrogen and oxygen atoms in total. The molecule has 4 heterocycles. The molecule has 4 rings (SSSR count). The van der Waals surface area contributed by atoms with Crippen molar-refractivity contribution in [2.75, 3.05) is 13.2 Å². The Kier molecular flexibility index (Phi) is 3.96. The molecule has 128 valence electrons. The molecule has 1 atom stereocenters. The second kappa shape index (κ2) is 6.01. The third-order valence-electron chi connectivity index (χ3n) is 5.25. The zero-order chi connectivity index (χ0) is 16.8. The average Bonchev–Trinajstić information content (AvgIpc) is 3.25. The van der Waals surface area contributed by atoms with Crippen LogP contribution in [0.2, 0.25) is 0 Å². The van der Waals surface area contributed by atoms with Crippen LogP contribution in [0.25, 0.3) is 0 Å². The number of hydrogen-bond acceptors (Lipinski definition) is 4. The van der Waals surface area contributed by atoms with Gasteiger partial charge < -0.3 is 9.64 Å². The van der Waals surface area contributed by atoms with Gasteiger partial charge in [-0.3, -0.25) is 9.48 Å². The van der Waals surface area contributed by atoms with E-state index in [1.807, 2.05) is 24.7 Å². The Morgan fingerprint density at radius 2 is 2.25 bits per heavy atom. The van der Waals surface area contributed by atoms with Crippen molar-refractivity contribution >= 4 is 17.2 Å².